The molecule has 1 fully saturated rings. The summed E-state index contributed by atoms with van der Waals surface area (Å²) in [7, 11) is 2.15. The number of likely N-dealkylation sites (N-methyl/N-ethyl adjacent to an activating group) is 1. The summed E-state index contributed by atoms with van der Waals surface area (Å²) < 4.78 is 1.43. The number of benzene rings is 1. The Morgan fingerprint density at radius 1 is 1.11 bits per heavy atom. The molecule has 1 unspecified atom stereocenters. The molecule has 0 aliphatic carbocycles. The molecule has 0 saturated carbocycles. The molecule has 0 bridgehead atoms. The first-order valence-electron chi connectivity index (χ1n) is 9.65. The van der Waals surface area contributed by atoms with E-state index in [1.54, 1.807) is 0 Å². The van der Waals surface area contributed by atoms with Gasteiger partial charge in [-0.15, -0.1) is 0 Å². The van der Waals surface area contributed by atoms with Gasteiger partial charge in [-0.25, -0.2) is 0 Å². The van der Waals surface area contributed by atoms with Gasteiger partial charge in [0.1, 0.15) is 0 Å². The van der Waals surface area contributed by atoms with Crippen molar-refractivity contribution in [1.29, 1.82) is 0 Å². The van der Waals surface area contributed by atoms with Gasteiger partial charge >= 0.3 is 169 Å². The Labute approximate surface area is 168 Å². The van der Waals surface area contributed by atoms with Gasteiger partial charge in [-0.2, -0.15) is 0 Å². The maximum absolute atomic E-state index is 6.08. The zero-order valence-corrected chi connectivity index (χ0v) is 18.5. The summed E-state index contributed by atoms with van der Waals surface area (Å²) in [5, 5.41) is 0. The average molecular weight is 433 g/mol. The molecule has 1 saturated heterocycles. The molecule has 0 spiro atoms. The van der Waals surface area contributed by atoms with Crippen molar-refractivity contribution in [2.24, 2.45) is 0 Å². The van der Waals surface area contributed by atoms with Gasteiger partial charge in [0.25, 0.3) is 0 Å². The van der Waals surface area contributed by atoms with Crippen LogP contribution in [-0.2, 0) is 0 Å². The third-order valence-corrected chi connectivity index (χ3v) is 7.89. The maximum atomic E-state index is 6.08. The Morgan fingerprint density at radius 2 is 1.85 bits per heavy atom. The number of hydrogen-bond donors (Lipinski definition) is 1. The van der Waals surface area contributed by atoms with Crippen LogP contribution >= 0.6 is 0 Å². The van der Waals surface area contributed by atoms with Crippen molar-refractivity contribution in [2.75, 3.05) is 43.9 Å². The first-order valence-corrected chi connectivity index (χ1v) is 11.5. The standard InChI is InChI=1S/C20H30N6Se/c1-5-6-16(27-17-13-14(2)7-8-15(17)3)18-22-19(21)24-20(23-18)26-11-9-25(4)10-12-26/h7-8,13,16H,5-6,9-12H2,1-4H3,(H2,21,22,23,24). The van der Waals surface area contributed by atoms with Gasteiger partial charge in [-0.05, 0) is 0 Å². The van der Waals surface area contributed by atoms with Crippen LogP contribution in [0.3, 0.4) is 0 Å². The van der Waals surface area contributed by atoms with E-state index in [2.05, 4.69) is 65.8 Å². The molecule has 27 heavy (non-hydrogen) atoms. The molecule has 2 heterocycles. The second-order valence-electron chi connectivity index (χ2n) is 7.31. The number of aryl methyl sites for hydroxylation is 2. The number of anilines is 2. The van der Waals surface area contributed by atoms with Gasteiger partial charge in [0.2, 0.25) is 0 Å². The molecule has 0 amide bonds. The number of rotatable bonds is 6. The van der Waals surface area contributed by atoms with Crippen LogP contribution in [0, 0.1) is 13.8 Å². The van der Waals surface area contributed by atoms with Crippen molar-refractivity contribution in [3.05, 3.63) is 35.2 Å². The Morgan fingerprint density at radius 3 is 2.56 bits per heavy atom. The second-order valence-corrected chi connectivity index (χ2v) is 9.92. The summed E-state index contributed by atoms with van der Waals surface area (Å²) in [5.41, 5.74) is 8.74. The molecule has 2 N–H and O–H groups in total. The monoisotopic (exact) mass is 434 g/mol. The number of hydrogen-bond acceptors (Lipinski definition) is 6. The second kappa shape index (κ2) is 9.00. The first-order chi connectivity index (χ1) is 13.0. The fourth-order valence-electron chi connectivity index (χ4n) is 3.18. The molecule has 1 aromatic heterocycles. The first kappa shape index (κ1) is 20.1. The van der Waals surface area contributed by atoms with E-state index in [0.717, 1.165) is 50.8 Å². The average Bonchev–Trinajstić information content (AvgIpc) is 2.64. The third kappa shape index (κ3) is 5.18. The Bertz CT molecular complexity index is 773. The summed E-state index contributed by atoms with van der Waals surface area (Å²) in [6, 6.07) is 6.70. The summed E-state index contributed by atoms with van der Waals surface area (Å²) in [6.45, 7) is 10.5. The third-order valence-electron chi connectivity index (χ3n) is 4.90. The van der Waals surface area contributed by atoms with Crippen molar-refractivity contribution in [3.63, 3.8) is 0 Å². The molecule has 2 aromatic rings. The van der Waals surface area contributed by atoms with Crippen LogP contribution in [0.2, 0.25) is 0 Å². The van der Waals surface area contributed by atoms with Gasteiger partial charge < -0.3 is 0 Å². The van der Waals surface area contributed by atoms with E-state index in [4.69, 9.17) is 10.7 Å². The summed E-state index contributed by atoms with van der Waals surface area (Å²) in [6.07, 6.45) is 2.17. The van der Waals surface area contributed by atoms with E-state index in [1.165, 1.54) is 15.6 Å². The van der Waals surface area contributed by atoms with E-state index < -0.39 is 0 Å². The zero-order chi connectivity index (χ0) is 19.4. The van der Waals surface area contributed by atoms with E-state index in [-0.39, 0.29) is 15.0 Å². The van der Waals surface area contributed by atoms with Crippen molar-refractivity contribution in [3.8, 4) is 0 Å². The topological polar surface area (TPSA) is 71.2 Å². The Balaban J connectivity index is 1.87. The van der Waals surface area contributed by atoms with Gasteiger partial charge in [0, 0.05) is 0 Å². The fourth-order valence-corrected chi connectivity index (χ4v) is 6.07. The summed E-state index contributed by atoms with van der Waals surface area (Å²) in [5.74, 6) is 1.94. The molecular formula is C20H30N6Se. The quantitative estimate of drug-likeness (QED) is 0.700. The number of nitrogens with two attached hydrogens (primary N) is 1. The molecule has 6 nitrogen and oxygen atoms in total. The molecular weight excluding hydrogens is 403 g/mol. The SMILES string of the molecule is CCCC([Se]c1cc(C)ccc1C)c1nc(N)nc(N2CCN(C)CC2)n1. The minimum atomic E-state index is 0.263. The van der Waals surface area contributed by atoms with Crippen molar-refractivity contribution < 1.29 is 0 Å². The van der Waals surface area contributed by atoms with Gasteiger partial charge in [0.05, 0.1) is 0 Å². The zero-order valence-electron chi connectivity index (χ0n) is 16.8. The summed E-state index contributed by atoms with van der Waals surface area (Å²) in [4.78, 5) is 18.7. The Hall–Kier alpha value is -1.69. The number of nitrogens with zero attached hydrogens (tertiary/aromatic N) is 5. The van der Waals surface area contributed by atoms with E-state index in [0.29, 0.717) is 10.8 Å². The van der Waals surface area contributed by atoms with E-state index >= 15 is 0 Å². The Kier molecular flexibility index (Phi) is 6.68. The molecule has 1 aliphatic rings. The van der Waals surface area contributed by atoms with Gasteiger partial charge in [-0.3, -0.25) is 0 Å². The van der Waals surface area contributed by atoms with E-state index in [9.17, 15) is 0 Å². The van der Waals surface area contributed by atoms with Gasteiger partial charge in [-0.1, -0.05) is 0 Å². The summed E-state index contributed by atoms with van der Waals surface area (Å²) >= 11 is 0.263. The number of piperazine rings is 1. The van der Waals surface area contributed by atoms with Crippen molar-refractivity contribution in [1.82, 2.24) is 19.9 Å². The van der Waals surface area contributed by atoms with Crippen LogP contribution in [0.15, 0.2) is 18.2 Å². The molecule has 7 heteroatoms. The molecule has 1 atom stereocenters. The molecule has 1 aromatic carbocycles. The van der Waals surface area contributed by atoms with Crippen molar-refractivity contribution >= 4 is 31.3 Å². The molecule has 0 radical (unpaired) electrons. The van der Waals surface area contributed by atoms with Crippen LogP contribution in [0.25, 0.3) is 0 Å². The minimum absolute atomic E-state index is 0.263. The van der Waals surface area contributed by atoms with Crippen LogP contribution in [0.5, 0.6) is 0 Å². The van der Waals surface area contributed by atoms with E-state index in [1.807, 2.05) is 0 Å². The van der Waals surface area contributed by atoms with Gasteiger partial charge in [0.15, 0.2) is 0 Å². The number of nitrogen functional groups attached to an aromatic ring is 1. The predicted octanol–water partition coefficient (Wildman–Crippen LogP) is 1.69. The predicted molar refractivity (Wildman–Crippen MR) is 113 cm³/mol. The molecule has 3 rings (SSSR count). The van der Waals surface area contributed by atoms with Crippen LogP contribution in [0.4, 0.5) is 11.9 Å². The molecule has 146 valence electrons. The van der Waals surface area contributed by atoms with Crippen molar-refractivity contribution in [2.45, 2.75) is 38.4 Å². The van der Waals surface area contributed by atoms with Crippen LogP contribution < -0.4 is 15.1 Å². The fraction of sp³-hybridized carbons (Fsp3) is 0.550. The van der Waals surface area contributed by atoms with Crippen LogP contribution in [0.1, 0.15) is 41.5 Å². The molecule has 1 aliphatic heterocycles. The van der Waals surface area contributed by atoms with Crippen LogP contribution in [-0.4, -0.2) is 68.0 Å². The normalized spacial score (nSPS) is 16.5. The number of aromatic nitrogens is 3.